The molecule has 0 bridgehead atoms. The Morgan fingerprint density at radius 1 is 1.36 bits per heavy atom. The topological polar surface area (TPSA) is 55.4 Å². The number of rotatable bonds is 4. The number of aryl methyl sites for hydroxylation is 1. The van der Waals surface area contributed by atoms with Gasteiger partial charge in [0.1, 0.15) is 11.3 Å². The number of imidazole rings is 1. The monoisotopic (exact) mass is 297 g/mol. The molecular weight excluding hydrogens is 278 g/mol. The van der Waals surface area contributed by atoms with Gasteiger partial charge in [0.05, 0.1) is 6.20 Å². The molecule has 0 saturated heterocycles. The van der Waals surface area contributed by atoms with Crippen molar-refractivity contribution in [3.63, 3.8) is 0 Å². The van der Waals surface area contributed by atoms with Gasteiger partial charge >= 0.3 is 0 Å². The summed E-state index contributed by atoms with van der Waals surface area (Å²) in [6, 6.07) is 5.70. The third-order valence-corrected chi connectivity index (χ3v) is 3.84. The van der Waals surface area contributed by atoms with Gasteiger partial charge in [-0.1, -0.05) is 6.07 Å². The van der Waals surface area contributed by atoms with Crippen molar-refractivity contribution in [2.75, 3.05) is 7.05 Å². The van der Waals surface area contributed by atoms with E-state index < -0.39 is 0 Å². The number of amides is 1. The van der Waals surface area contributed by atoms with Crippen LogP contribution in [0.5, 0.6) is 0 Å². The van der Waals surface area contributed by atoms with Crippen molar-refractivity contribution in [2.24, 2.45) is 0 Å². The second kappa shape index (κ2) is 5.63. The molecule has 6 heteroatoms. The summed E-state index contributed by atoms with van der Waals surface area (Å²) in [5, 5.41) is 4.31. The van der Waals surface area contributed by atoms with Crippen LogP contribution in [0.4, 0.5) is 0 Å². The van der Waals surface area contributed by atoms with E-state index in [4.69, 9.17) is 0 Å². The second-order valence-corrected chi connectivity index (χ2v) is 5.32. The van der Waals surface area contributed by atoms with Crippen LogP contribution in [0.15, 0.2) is 36.8 Å². The highest BCUT2D eigenvalue weighted by Gasteiger charge is 2.17. The van der Waals surface area contributed by atoms with E-state index in [1.807, 2.05) is 46.6 Å². The van der Waals surface area contributed by atoms with Gasteiger partial charge in [-0.2, -0.15) is 5.10 Å². The molecule has 0 fully saturated rings. The van der Waals surface area contributed by atoms with Gasteiger partial charge in [-0.15, -0.1) is 0 Å². The molecule has 3 heterocycles. The third-order valence-electron chi connectivity index (χ3n) is 3.84. The lowest BCUT2D eigenvalue weighted by atomic mass is 10.2. The molecule has 0 atom stereocenters. The van der Waals surface area contributed by atoms with Gasteiger partial charge < -0.3 is 9.30 Å². The molecule has 22 heavy (non-hydrogen) atoms. The van der Waals surface area contributed by atoms with E-state index in [0.29, 0.717) is 12.2 Å². The zero-order valence-electron chi connectivity index (χ0n) is 13.0. The zero-order valence-corrected chi connectivity index (χ0v) is 13.0. The zero-order chi connectivity index (χ0) is 15.7. The Morgan fingerprint density at radius 3 is 2.86 bits per heavy atom. The summed E-state index contributed by atoms with van der Waals surface area (Å²) in [4.78, 5) is 18.6. The first-order chi connectivity index (χ1) is 10.6. The molecule has 0 aliphatic heterocycles. The van der Waals surface area contributed by atoms with E-state index in [2.05, 4.69) is 17.0 Å². The highest BCUT2D eigenvalue weighted by atomic mass is 16.2. The van der Waals surface area contributed by atoms with Crippen LogP contribution in [0, 0.1) is 6.92 Å². The van der Waals surface area contributed by atoms with E-state index >= 15 is 0 Å². The highest BCUT2D eigenvalue weighted by Crippen LogP contribution is 2.12. The molecule has 1 amide bonds. The molecule has 0 unspecified atom stereocenters. The van der Waals surface area contributed by atoms with Gasteiger partial charge in [-0.05, 0) is 26.0 Å². The molecule has 3 aromatic heterocycles. The summed E-state index contributed by atoms with van der Waals surface area (Å²) in [5.74, 6) is -0.0904. The minimum atomic E-state index is -0.0904. The predicted octanol–water partition coefficient (Wildman–Crippen LogP) is 2.13. The maximum absolute atomic E-state index is 12.5. The Kier molecular flexibility index (Phi) is 3.66. The van der Waals surface area contributed by atoms with Crippen LogP contribution in [0.1, 0.15) is 28.7 Å². The Bertz CT molecular complexity index is 784. The van der Waals surface area contributed by atoms with Crippen LogP contribution in [-0.4, -0.2) is 37.0 Å². The molecule has 3 aromatic rings. The van der Waals surface area contributed by atoms with E-state index in [1.54, 1.807) is 18.1 Å². The van der Waals surface area contributed by atoms with E-state index in [1.165, 1.54) is 0 Å². The normalized spacial score (nSPS) is 11.0. The number of carbonyl (C=O) groups is 1. The van der Waals surface area contributed by atoms with Crippen molar-refractivity contribution >= 4 is 11.6 Å². The highest BCUT2D eigenvalue weighted by molar-refractivity contribution is 5.92. The van der Waals surface area contributed by atoms with Crippen LogP contribution in [0.3, 0.4) is 0 Å². The summed E-state index contributed by atoms with van der Waals surface area (Å²) in [6.45, 7) is 5.43. The molecule has 0 N–H and O–H groups in total. The minimum absolute atomic E-state index is 0.0904. The van der Waals surface area contributed by atoms with Crippen LogP contribution in [0.25, 0.3) is 5.65 Å². The van der Waals surface area contributed by atoms with Crippen LogP contribution in [-0.2, 0) is 13.1 Å². The van der Waals surface area contributed by atoms with Gasteiger partial charge in [0.2, 0.25) is 0 Å². The molecule has 6 nitrogen and oxygen atoms in total. The van der Waals surface area contributed by atoms with Gasteiger partial charge in [0, 0.05) is 43.8 Å². The van der Waals surface area contributed by atoms with Crippen molar-refractivity contribution in [3.05, 3.63) is 53.7 Å². The first-order valence-corrected chi connectivity index (χ1v) is 7.30. The predicted molar refractivity (Wildman–Crippen MR) is 83.6 cm³/mol. The summed E-state index contributed by atoms with van der Waals surface area (Å²) in [6.07, 6.45) is 5.47. The smallest absolute Gasteiger partial charge is 0.274 e. The largest absolute Gasteiger partial charge is 0.336 e. The standard InChI is InChI=1S/C16H19N5O/c1-4-21-12(2)13(9-17-21)10-19(3)16(22)14-11-20-8-6-5-7-15(20)18-14/h5-9,11H,4,10H2,1-3H3. The quantitative estimate of drug-likeness (QED) is 0.741. The summed E-state index contributed by atoms with van der Waals surface area (Å²) >= 11 is 0. The molecule has 3 rings (SSSR count). The SMILES string of the molecule is CCn1ncc(CN(C)C(=O)c2cn3ccccc3n2)c1C. The average molecular weight is 297 g/mol. The Labute approximate surface area is 129 Å². The molecule has 0 radical (unpaired) electrons. The van der Waals surface area contributed by atoms with Gasteiger partial charge in [-0.3, -0.25) is 9.48 Å². The van der Waals surface area contributed by atoms with Crippen molar-refractivity contribution in [1.82, 2.24) is 24.1 Å². The van der Waals surface area contributed by atoms with Crippen molar-refractivity contribution in [1.29, 1.82) is 0 Å². The molecule has 114 valence electrons. The van der Waals surface area contributed by atoms with Crippen LogP contribution in [0.2, 0.25) is 0 Å². The van der Waals surface area contributed by atoms with Crippen molar-refractivity contribution in [3.8, 4) is 0 Å². The fraction of sp³-hybridized carbons (Fsp3) is 0.312. The summed E-state index contributed by atoms with van der Waals surface area (Å²) in [5.41, 5.74) is 3.38. The maximum Gasteiger partial charge on any atom is 0.274 e. The fourth-order valence-electron chi connectivity index (χ4n) is 2.52. The van der Waals surface area contributed by atoms with Crippen molar-refractivity contribution < 1.29 is 4.79 Å². The number of fused-ring (bicyclic) bond motifs is 1. The van der Waals surface area contributed by atoms with E-state index in [-0.39, 0.29) is 5.91 Å². The number of hydrogen-bond acceptors (Lipinski definition) is 3. The number of carbonyl (C=O) groups excluding carboxylic acids is 1. The molecule has 0 saturated carbocycles. The number of nitrogens with zero attached hydrogens (tertiary/aromatic N) is 5. The summed E-state index contributed by atoms with van der Waals surface area (Å²) < 4.78 is 3.78. The Balaban J connectivity index is 1.80. The first kappa shape index (κ1) is 14.3. The second-order valence-electron chi connectivity index (χ2n) is 5.32. The molecule has 0 spiro atoms. The lowest BCUT2D eigenvalue weighted by Gasteiger charge is -2.15. The molecule has 0 aliphatic carbocycles. The Morgan fingerprint density at radius 2 is 2.18 bits per heavy atom. The van der Waals surface area contributed by atoms with Gasteiger partial charge in [-0.25, -0.2) is 4.98 Å². The molecular formula is C16H19N5O. The van der Waals surface area contributed by atoms with E-state index in [9.17, 15) is 4.79 Å². The lowest BCUT2D eigenvalue weighted by Crippen LogP contribution is -2.26. The molecule has 0 aliphatic rings. The van der Waals surface area contributed by atoms with Crippen molar-refractivity contribution in [2.45, 2.75) is 26.9 Å². The third kappa shape index (κ3) is 2.47. The van der Waals surface area contributed by atoms with Crippen LogP contribution < -0.4 is 0 Å². The summed E-state index contributed by atoms with van der Waals surface area (Å²) in [7, 11) is 1.79. The average Bonchev–Trinajstić information content (AvgIpc) is 3.10. The minimum Gasteiger partial charge on any atom is -0.336 e. The fourth-order valence-corrected chi connectivity index (χ4v) is 2.52. The maximum atomic E-state index is 12.5. The lowest BCUT2D eigenvalue weighted by molar-refractivity contribution is 0.0780. The number of hydrogen-bond donors (Lipinski definition) is 0. The van der Waals surface area contributed by atoms with E-state index in [0.717, 1.165) is 23.4 Å². The molecule has 0 aromatic carbocycles. The number of aromatic nitrogens is 4. The number of pyridine rings is 1. The van der Waals surface area contributed by atoms with Gasteiger partial charge in [0.25, 0.3) is 5.91 Å². The Hall–Kier alpha value is -2.63. The van der Waals surface area contributed by atoms with Crippen LogP contribution >= 0.6 is 0 Å². The first-order valence-electron chi connectivity index (χ1n) is 7.30. The van der Waals surface area contributed by atoms with Gasteiger partial charge in [0.15, 0.2) is 0 Å².